The number of rotatable bonds is 3. The molecule has 21 heavy (non-hydrogen) atoms. The Hall–Kier alpha value is -0.0800. The molecule has 2 nitrogen and oxygen atoms in total. The van der Waals surface area contributed by atoms with Crippen molar-refractivity contribution in [3.63, 3.8) is 0 Å². The summed E-state index contributed by atoms with van der Waals surface area (Å²) in [5.41, 5.74) is 0.482. The fraction of sp³-hybridized carbons (Fsp3) is 1.00. The molecule has 0 unspecified atom stereocenters. The predicted molar refractivity (Wildman–Crippen MR) is 90.6 cm³/mol. The molecule has 2 heteroatoms. The van der Waals surface area contributed by atoms with Gasteiger partial charge in [0.2, 0.25) is 0 Å². The zero-order valence-corrected chi connectivity index (χ0v) is 14.2. The maximum atomic E-state index is 3.93. The van der Waals surface area contributed by atoms with Gasteiger partial charge in [-0.15, -0.1) is 0 Å². The van der Waals surface area contributed by atoms with Gasteiger partial charge in [-0.05, 0) is 57.2 Å². The Bertz CT molecular complexity index is 301. The minimum atomic E-state index is 0.482. The minimum absolute atomic E-state index is 0.482. The van der Waals surface area contributed by atoms with E-state index < -0.39 is 0 Å². The highest BCUT2D eigenvalue weighted by Crippen LogP contribution is 2.32. The van der Waals surface area contributed by atoms with Gasteiger partial charge in [0.1, 0.15) is 0 Å². The van der Waals surface area contributed by atoms with Gasteiger partial charge in [0.05, 0.1) is 0 Å². The van der Waals surface area contributed by atoms with Gasteiger partial charge >= 0.3 is 0 Å². The van der Waals surface area contributed by atoms with Gasteiger partial charge in [-0.1, -0.05) is 51.9 Å². The predicted octanol–water partition coefficient (Wildman–Crippen LogP) is 4.20. The van der Waals surface area contributed by atoms with Crippen LogP contribution in [-0.4, -0.2) is 36.6 Å². The van der Waals surface area contributed by atoms with Crippen LogP contribution in [0.2, 0.25) is 0 Å². The second-order valence-corrected chi connectivity index (χ2v) is 8.31. The van der Waals surface area contributed by atoms with Crippen molar-refractivity contribution in [3.05, 3.63) is 0 Å². The van der Waals surface area contributed by atoms with E-state index in [1.165, 1.54) is 96.8 Å². The first kappa shape index (κ1) is 15.8. The van der Waals surface area contributed by atoms with E-state index in [2.05, 4.69) is 17.1 Å². The van der Waals surface area contributed by atoms with Crippen LogP contribution in [0.1, 0.15) is 77.6 Å². The van der Waals surface area contributed by atoms with Crippen molar-refractivity contribution >= 4 is 0 Å². The van der Waals surface area contributed by atoms with Gasteiger partial charge in [0, 0.05) is 12.1 Å². The number of hydrogen-bond donors (Lipinski definition) is 1. The van der Waals surface area contributed by atoms with E-state index in [0.29, 0.717) is 5.54 Å². The Morgan fingerprint density at radius 1 is 1.00 bits per heavy atom. The van der Waals surface area contributed by atoms with Crippen LogP contribution in [0.5, 0.6) is 0 Å². The third-order valence-electron chi connectivity index (χ3n) is 6.48. The second kappa shape index (κ2) is 7.46. The molecule has 0 amide bonds. The Kier molecular flexibility index (Phi) is 5.61. The molecular weight excluding hydrogens is 256 g/mol. The zero-order chi connectivity index (χ0) is 14.5. The maximum absolute atomic E-state index is 3.93. The molecule has 2 aliphatic carbocycles. The van der Waals surface area contributed by atoms with Crippen molar-refractivity contribution < 1.29 is 0 Å². The lowest BCUT2D eigenvalue weighted by Crippen LogP contribution is -2.52. The average Bonchev–Trinajstić information content (AvgIpc) is 2.70. The van der Waals surface area contributed by atoms with Gasteiger partial charge in [0.15, 0.2) is 0 Å². The van der Waals surface area contributed by atoms with Crippen LogP contribution >= 0.6 is 0 Å². The summed E-state index contributed by atoms with van der Waals surface area (Å²) in [5.74, 6) is 2.02. The van der Waals surface area contributed by atoms with Gasteiger partial charge in [-0.25, -0.2) is 0 Å². The van der Waals surface area contributed by atoms with Crippen LogP contribution in [0.25, 0.3) is 0 Å². The summed E-state index contributed by atoms with van der Waals surface area (Å²) in [6.07, 6.45) is 16.0. The van der Waals surface area contributed by atoms with Crippen LogP contribution < -0.4 is 5.32 Å². The maximum Gasteiger partial charge on any atom is 0.0308 e. The summed E-state index contributed by atoms with van der Waals surface area (Å²) < 4.78 is 0. The molecule has 3 rings (SSSR count). The summed E-state index contributed by atoms with van der Waals surface area (Å²) in [5, 5.41) is 3.93. The highest BCUT2D eigenvalue weighted by molar-refractivity contribution is 4.95. The van der Waals surface area contributed by atoms with Crippen LogP contribution in [-0.2, 0) is 0 Å². The fourth-order valence-corrected chi connectivity index (χ4v) is 4.96. The molecular formula is C19H36N2. The summed E-state index contributed by atoms with van der Waals surface area (Å²) in [6.45, 7) is 7.71. The highest BCUT2D eigenvalue weighted by Gasteiger charge is 2.34. The lowest BCUT2D eigenvalue weighted by Gasteiger charge is -2.40. The van der Waals surface area contributed by atoms with Crippen molar-refractivity contribution in [3.8, 4) is 0 Å². The van der Waals surface area contributed by atoms with Crippen LogP contribution in [0.4, 0.5) is 0 Å². The molecule has 0 aromatic rings. The SMILES string of the molecule is CC1CCC(CCN2CCCNC3(CCCCC3)C2)CC1. The largest absolute Gasteiger partial charge is 0.310 e. The first-order valence-corrected chi connectivity index (χ1v) is 9.73. The van der Waals surface area contributed by atoms with E-state index in [0.717, 1.165) is 11.8 Å². The first-order valence-electron chi connectivity index (χ1n) is 9.73. The summed E-state index contributed by atoms with van der Waals surface area (Å²) >= 11 is 0. The van der Waals surface area contributed by atoms with Gasteiger partial charge in [-0.2, -0.15) is 0 Å². The van der Waals surface area contributed by atoms with Crippen LogP contribution in [0.3, 0.4) is 0 Å². The van der Waals surface area contributed by atoms with Crippen LogP contribution in [0.15, 0.2) is 0 Å². The molecule has 2 saturated carbocycles. The van der Waals surface area contributed by atoms with E-state index in [1.54, 1.807) is 0 Å². The summed E-state index contributed by atoms with van der Waals surface area (Å²) in [6, 6.07) is 0. The second-order valence-electron chi connectivity index (χ2n) is 8.31. The molecule has 0 radical (unpaired) electrons. The van der Waals surface area contributed by atoms with Crippen molar-refractivity contribution in [1.82, 2.24) is 10.2 Å². The third-order valence-corrected chi connectivity index (χ3v) is 6.48. The molecule has 122 valence electrons. The van der Waals surface area contributed by atoms with Crippen molar-refractivity contribution in [2.75, 3.05) is 26.2 Å². The van der Waals surface area contributed by atoms with E-state index in [-0.39, 0.29) is 0 Å². The molecule has 0 bridgehead atoms. The minimum Gasteiger partial charge on any atom is -0.310 e. The fourth-order valence-electron chi connectivity index (χ4n) is 4.96. The smallest absolute Gasteiger partial charge is 0.0308 e. The lowest BCUT2D eigenvalue weighted by atomic mass is 9.80. The topological polar surface area (TPSA) is 15.3 Å². The molecule has 1 N–H and O–H groups in total. The highest BCUT2D eigenvalue weighted by atomic mass is 15.2. The van der Waals surface area contributed by atoms with Gasteiger partial charge in [-0.3, -0.25) is 0 Å². The molecule has 0 atom stereocenters. The molecule has 3 aliphatic rings. The van der Waals surface area contributed by atoms with Gasteiger partial charge < -0.3 is 10.2 Å². The number of nitrogens with one attached hydrogen (secondary N) is 1. The molecule has 0 aromatic carbocycles. The summed E-state index contributed by atoms with van der Waals surface area (Å²) in [7, 11) is 0. The first-order chi connectivity index (χ1) is 10.3. The van der Waals surface area contributed by atoms with E-state index in [9.17, 15) is 0 Å². The molecule has 0 aromatic heterocycles. The standard InChI is InChI=1S/C19H36N2/c1-17-6-8-18(9-7-17)10-15-21-14-5-13-20-19(16-21)11-3-2-4-12-19/h17-18,20H,2-16H2,1H3. The Morgan fingerprint density at radius 2 is 1.76 bits per heavy atom. The molecule has 1 heterocycles. The third kappa shape index (κ3) is 4.45. The number of hydrogen-bond acceptors (Lipinski definition) is 2. The molecule has 1 spiro atoms. The normalized spacial score (nSPS) is 34.7. The Balaban J connectivity index is 1.47. The van der Waals surface area contributed by atoms with Crippen LogP contribution in [0, 0.1) is 11.8 Å². The van der Waals surface area contributed by atoms with Gasteiger partial charge in [0.25, 0.3) is 0 Å². The van der Waals surface area contributed by atoms with E-state index in [1.807, 2.05) is 0 Å². The Labute approximate surface area is 132 Å². The number of nitrogens with zero attached hydrogens (tertiary/aromatic N) is 1. The average molecular weight is 293 g/mol. The zero-order valence-electron chi connectivity index (χ0n) is 14.2. The van der Waals surface area contributed by atoms with Crippen molar-refractivity contribution in [2.45, 2.75) is 83.1 Å². The molecule has 3 fully saturated rings. The molecule has 1 saturated heterocycles. The van der Waals surface area contributed by atoms with E-state index >= 15 is 0 Å². The quantitative estimate of drug-likeness (QED) is 0.838. The monoisotopic (exact) mass is 292 g/mol. The molecule has 1 aliphatic heterocycles. The van der Waals surface area contributed by atoms with E-state index in [4.69, 9.17) is 0 Å². The Morgan fingerprint density at radius 3 is 2.52 bits per heavy atom. The van der Waals surface area contributed by atoms with Crippen molar-refractivity contribution in [2.24, 2.45) is 11.8 Å². The summed E-state index contributed by atoms with van der Waals surface area (Å²) in [4.78, 5) is 2.81. The lowest BCUT2D eigenvalue weighted by molar-refractivity contribution is 0.151. The van der Waals surface area contributed by atoms with Crippen molar-refractivity contribution in [1.29, 1.82) is 0 Å².